The molecule has 1 aromatic heterocycles. The summed E-state index contributed by atoms with van der Waals surface area (Å²) in [7, 11) is 0. The lowest BCUT2D eigenvalue weighted by atomic mass is 9.98. The lowest BCUT2D eigenvalue weighted by Crippen LogP contribution is -2.21. The second-order valence-electron chi connectivity index (χ2n) is 4.41. The van der Waals surface area contributed by atoms with Crippen LogP contribution < -0.4 is 4.74 Å². The SMILES string of the molecule is Fc1ncccc1OCC1OCCc2ccccc21. The van der Waals surface area contributed by atoms with Crippen LogP contribution in [0, 0.1) is 5.95 Å². The molecule has 0 aliphatic carbocycles. The van der Waals surface area contributed by atoms with Gasteiger partial charge in [0.2, 0.25) is 0 Å². The normalized spacial score (nSPS) is 17.8. The van der Waals surface area contributed by atoms with Crippen LogP contribution in [0.5, 0.6) is 5.75 Å². The van der Waals surface area contributed by atoms with Gasteiger partial charge in [-0.05, 0) is 29.7 Å². The van der Waals surface area contributed by atoms with E-state index in [1.54, 1.807) is 12.1 Å². The van der Waals surface area contributed by atoms with Crippen molar-refractivity contribution in [3.8, 4) is 5.75 Å². The molecule has 1 atom stereocenters. The van der Waals surface area contributed by atoms with Crippen LogP contribution in [0.15, 0.2) is 42.6 Å². The second kappa shape index (κ2) is 5.36. The number of nitrogens with zero attached hydrogens (tertiary/aromatic N) is 1. The van der Waals surface area contributed by atoms with Crippen molar-refractivity contribution in [3.63, 3.8) is 0 Å². The van der Waals surface area contributed by atoms with Gasteiger partial charge in [0.05, 0.1) is 6.61 Å². The lowest BCUT2D eigenvalue weighted by molar-refractivity contribution is 0.00917. The molecule has 0 saturated heterocycles. The summed E-state index contributed by atoms with van der Waals surface area (Å²) < 4.78 is 24.5. The molecule has 2 aromatic rings. The molecule has 1 aliphatic rings. The summed E-state index contributed by atoms with van der Waals surface area (Å²) in [5.41, 5.74) is 2.40. The van der Waals surface area contributed by atoms with Crippen LogP contribution in [0.4, 0.5) is 4.39 Å². The Hall–Kier alpha value is -1.94. The summed E-state index contributed by atoms with van der Waals surface area (Å²) >= 11 is 0. The van der Waals surface area contributed by atoms with Crippen LogP contribution in [0.1, 0.15) is 17.2 Å². The van der Waals surface area contributed by atoms with Crippen LogP contribution in [0.2, 0.25) is 0 Å². The minimum absolute atomic E-state index is 0.149. The van der Waals surface area contributed by atoms with Crippen molar-refractivity contribution in [1.29, 1.82) is 0 Å². The maximum absolute atomic E-state index is 13.4. The average molecular weight is 259 g/mol. The van der Waals surface area contributed by atoms with Crippen molar-refractivity contribution in [2.75, 3.05) is 13.2 Å². The molecule has 0 N–H and O–H groups in total. The minimum Gasteiger partial charge on any atom is -0.486 e. The smallest absolute Gasteiger partial charge is 0.255 e. The molecular weight excluding hydrogens is 245 g/mol. The van der Waals surface area contributed by atoms with E-state index < -0.39 is 5.95 Å². The van der Waals surface area contributed by atoms with Gasteiger partial charge in [-0.1, -0.05) is 24.3 Å². The van der Waals surface area contributed by atoms with Gasteiger partial charge in [0.1, 0.15) is 12.7 Å². The first-order valence-corrected chi connectivity index (χ1v) is 6.27. The highest BCUT2D eigenvalue weighted by Crippen LogP contribution is 2.27. The first-order valence-electron chi connectivity index (χ1n) is 6.27. The second-order valence-corrected chi connectivity index (χ2v) is 4.41. The molecule has 1 aliphatic heterocycles. The third kappa shape index (κ3) is 2.58. The van der Waals surface area contributed by atoms with E-state index in [2.05, 4.69) is 11.1 Å². The van der Waals surface area contributed by atoms with E-state index in [1.807, 2.05) is 18.2 Å². The van der Waals surface area contributed by atoms with Gasteiger partial charge in [0, 0.05) is 6.20 Å². The van der Waals surface area contributed by atoms with Gasteiger partial charge in [0.15, 0.2) is 5.75 Å². The van der Waals surface area contributed by atoms with E-state index in [4.69, 9.17) is 9.47 Å². The Morgan fingerprint density at radius 1 is 1.26 bits per heavy atom. The zero-order valence-electron chi connectivity index (χ0n) is 10.4. The van der Waals surface area contributed by atoms with Crippen LogP contribution in [-0.2, 0) is 11.2 Å². The number of hydrogen-bond donors (Lipinski definition) is 0. The standard InChI is InChI=1S/C15H14FNO2/c16-15-13(6-3-8-17-15)19-10-14-12-5-2-1-4-11(12)7-9-18-14/h1-6,8,14H,7,9-10H2. The average Bonchev–Trinajstić information content (AvgIpc) is 2.46. The zero-order chi connectivity index (χ0) is 13.1. The Labute approximate surface area is 111 Å². The summed E-state index contributed by atoms with van der Waals surface area (Å²) in [6, 6.07) is 11.3. The van der Waals surface area contributed by atoms with Crippen molar-refractivity contribution in [2.45, 2.75) is 12.5 Å². The van der Waals surface area contributed by atoms with E-state index >= 15 is 0 Å². The van der Waals surface area contributed by atoms with Gasteiger partial charge in [-0.3, -0.25) is 0 Å². The summed E-state index contributed by atoms with van der Waals surface area (Å²) in [5.74, 6) is -0.430. The molecule has 0 fully saturated rings. The molecule has 3 nitrogen and oxygen atoms in total. The monoisotopic (exact) mass is 259 g/mol. The highest BCUT2D eigenvalue weighted by Gasteiger charge is 2.21. The van der Waals surface area contributed by atoms with E-state index in [-0.39, 0.29) is 11.9 Å². The summed E-state index contributed by atoms with van der Waals surface area (Å²) in [4.78, 5) is 3.55. The van der Waals surface area contributed by atoms with E-state index in [1.165, 1.54) is 11.8 Å². The fraction of sp³-hybridized carbons (Fsp3) is 0.267. The maximum Gasteiger partial charge on any atom is 0.255 e. The Kier molecular flexibility index (Phi) is 3.42. The first kappa shape index (κ1) is 12.1. The van der Waals surface area contributed by atoms with E-state index in [0.717, 1.165) is 12.0 Å². The van der Waals surface area contributed by atoms with Crippen LogP contribution >= 0.6 is 0 Å². The molecule has 1 unspecified atom stereocenters. The Morgan fingerprint density at radius 3 is 3.05 bits per heavy atom. The number of rotatable bonds is 3. The largest absolute Gasteiger partial charge is 0.486 e. The van der Waals surface area contributed by atoms with Gasteiger partial charge in [0.25, 0.3) is 5.95 Å². The number of hydrogen-bond acceptors (Lipinski definition) is 3. The summed E-state index contributed by atoms with van der Waals surface area (Å²) in [5, 5.41) is 0. The number of fused-ring (bicyclic) bond motifs is 1. The fourth-order valence-electron chi connectivity index (χ4n) is 2.26. The fourth-order valence-corrected chi connectivity index (χ4v) is 2.26. The third-order valence-corrected chi connectivity index (χ3v) is 3.21. The summed E-state index contributed by atoms with van der Waals surface area (Å²) in [6.07, 6.45) is 2.16. The van der Waals surface area contributed by atoms with Crippen molar-refractivity contribution in [3.05, 3.63) is 59.7 Å². The van der Waals surface area contributed by atoms with E-state index in [0.29, 0.717) is 13.2 Å². The Morgan fingerprint density at radius 2 is 2.16 bits per heavy atom. The lowest BCUT2D eigenvalue weighted by Gasteiger charge is -2.25. The van der Waals surface area contributed by atoms with Gasteiger partial charge >= 0.3 is 0 Å². The van der Waals surface area contributed by atoms with Crippen molar-refractivity contribution in [1.82, 2.24) is 4.98 Å². The number of aromatic nitrogens is 1. The summed E-state index contributed by atoms with van der Waals surface area (Å²) in [6.45, 7) is 0.959. The molecule has 0 bridgehead atoms. The molecule has 3 rings (SSSR count). The molecule has 98 valence electrons. The number of ether oxygens (including phenoxy) is 2. The van der Waals surface area contributed by atoms with Gasteiger partial charge in [-0.2, -0.15) is 4.39 Å². The molecule has 4 heteroatoms. The molecular formula is C15H14FNO2. The topological polar surface area (TPSA) is 31.4 Å². The highest BCUT2D eigenvalue weighted by molar-refractivity contribution is 5.31. The number of pyridine rings is 1. The molecule has 19 heavy (non-hydrogen) atoms. The Balaban J connectivity index is 1.73. The van der Waals surface area contributed by atoms with Crippen molar-refractivity contribution in [2.24, 2.45) is 0 Å². The highest BCUT2D eigenvalue weighted by atomic mass is 19.1. The molecule has 0 amide bonds. The number of benzene rings is 1. The Bertz CT molecular complexity index is 574. The molecule has 1 aromatic carbocycles. The van der Waals surface area contributed by atoms with Gasteiger partial charge in [-0.25, -0.2) is 4.98 Å². The quantitative estimate of drug-likeness (QED) is 0.794. The molecule has 0 radical (unpaired) electrons. The van der Waals surface area contributed by atoms with Crippen LogP contribution in [0.3, 0.4) is 0 Å². The van der Waals surface area contributed by atoms with Crippen molar-refractivity contribution >= 4 is 0 Å². The molecule has 2 heterocycles. The predicted molar refractivity (Wildman–Crippen MR) is 68.5 cm³/mol. The first-order chi connectivity index (χ1) is 9.34. The minimum atomic E-state index is -0.591. The predicted octanol–water partition coefficient (Wildman–Crippen LogP) is 2.91. The van der Waals surface area contributed by atoms with E-state index in [9.17, 15) is 4.39 Å². The maximum atomic E-state index is 13.4. The molecule has 0 spiro atoms. The third-order valence-electron chi connectivity index (χ3n) is 3.21. The molecule has 0 saturated carbocycles. The zero-order valence-corrected chi connectivity index (χ0v) is 10.4. The van der Waals surface area contributed by atoms with Crippen LogP contribution in [0.25, 0.3) is 0 Å². The van der Waals surface area contributed by atoms with Gasteiger partial charge < -0.3 is 9.47 Å². The number of halogens is 1. The van der Waals surface area contributed by atoms with Gasteiger partial charge in [-0.15, -0.1) is 0 Å². The van der Waals surface area contributed by atoms with Crippen LogP contribution in [-0.4, -0.2) is 18.2 Å². The van der Waals surface area contributed by atoms with Crippen molar-refractivity contribution < 1.29 is 13.9 Å².